The molecule has 20 heavy (non-hydrogen) atoms. The van der Waals surface area contributed by atoms with Crippen LogP contribution in [0.4, 0.5) is 0 Å². The van der Waals surface area contributed by atoms with E-state index in [0.717, 1.165) is 6.42 Å². The molecule has 1 saturated carbocycles. The number of fused-ring (bicyclic) bond motifs is 1. The molecule has 2 aromatic heterocycles. The molecule has 2 aromatic rings. The van der Waals surface area contributed by atoms with E-state index in [1.807, 2.05) is 0 Å². The van der Waals surface area contributed by atoms with Crippen LogP contribution in [0, 0.1) is 5.92 Å². The van der Waals surface area contributed by atoms with Crippen molar-refractivity contribution in [3.63, 3.8) is 0 Å². The summed E-state index contributed by atoms with van der Waals surface area (Å²) in [7, 11) is 0. The van der Waals surface area contributed by atoms with Gasteiger partial charge in [0.1, 0.15) is 0 Å². The summed E-state index contributed by atoms with van der Waals surface area (Å²) in [5.41, 5.74) is -0.280. The van der Waals surface area contributed by atoms with Crippen molar-refractivity contribution >= 4 is 22.8 Å². The van der Waals surface area contributed by atoms with Crippen molar-refractivity contribution in [2.45, 2.75) is 45.1 Å². The lowest BCUT2D eigenvalue weighted by Crippen LogP contribution is -2.31. The Morgan fingerprint density at radius 2 is 1.95 bits per heavy atom. The molecular formula is C13H17ClN4O2. The lowest BCUT2D eigenvalue weighted by atomic mass is 9.87. The third-order valence-electron chi connectivity index (χ3n) is 4.09. The van der Waals surface area contributed by atoms with E-state index < -0.39 is 11.2 Å². The van der Waals surface area contributed by atoms with E-state index >= 15 is 0 Å². The predicted octanol–water partition coefficient (Wildman–Crippen LogP) is 2.04. The van der Waals surface area contributed by atoms with Crippen molar-refractivity contribution < 1.29 is 0 Å². The lowest BCUT2D eigenvalue weighted by Gasteiger charge is -2.21. The Morgan fingerprint density at radius 1 is 1.20 bits per heavy atom. The van der Waals surface area contributed by atoms with Gasteiger partial charge in [0, 0.05) is 6.54 Å². The number of H-pyrrole nitrogens is 2. The first kappa shape index (κ1) is 13.4. The SMILES string of the molecule is O=c1[nH]c(=O)n(CCC2CCCCC2)c2nc(Cl)[nH]c12. The molecule has 1 fully saturated rings. The average Bonchev–Trinajstić information content (AvgIpc) is 2.82. The molecule has 0 radical (unpaired) electrons. The molecule has 0 aliphatic heterocycles. The van der Waals surface area contributed by atoms with Crippen LogP contribution in [-0.2, 0) is 6.54 Å². The second kappa shape index (κ2) is 5.44. The normalized spacial score (nSPS) is 16.9. The zero-order valence-corrected chi connectivity index (χ0v) is 11.9. The number of aryl methyl sites for hydroxylation is 1. The Labute approximate surface area is 120 Å². The first-order valence-electron chi connectivity index (χ1n) is 7.03. The predicted molar refractivity (Wildman–Crippen MR) is 77.2 cm³/mol. The Kier molecular flexibility index (Phi) is 3.65. The molecule has 0 saturated heterocycles. The highest BCUT2D eigenvalue weighted by molar-refractivity contribution is 6.28. The summed E-state index contributed by atoms with van der Waals surface area (Å²) in [6.07, 6.45) is 7.24. The van der Waals surface area contributed by atoms with E-state index in [2.05, 4.69) is 15.0 Å². The quantitative estimate of drug-likeness (QED) is 0.850. The van der Waals surface area contributed by atoms with Gasteiger partial charge in [0.25, 0.3) is 5.56 Å². The summed E-state index contributed by atoms with van der Waals surface area (Å²) in [6, 6.07) is 0. The van der Waals surface area contributed by atoms with E-state index in [1.54, 1.807) is 0 Å². The largest absolute Gasteiger partial charge is 0.330 e. The van der Waals surface area contributed by atoms with Crippen molar-refractivity contribution in [3.8, 4) is 0 Å². The van der Waals surface area contributed by atoms with Crippen molar-refractivity contribution in [2.75, 3.05) is 0 Å². The number of nitrogens with zero attached hydrogens (tertiary/aromatic N) is 2. The van der Waals surface area contributed by atoms with E-state index in [9.17, 15) is 9.59 Å². The van der Waals surface area contributed by atoms with Crippen molar-refractivity contribution in [1.82, 2.24) is 19.5 Å². The first-order valence-corrected chi connectivity index (χ1v) is 7.41. The second-order valence-corrected chi connectivity index (χ2v) is 5.79. The van der Waals surface area contributed by atoms with Crippen molar-refractivity contribution in [1.29, 1.82) is 0 Å². The average molecular weight is 297 g/mol. The van der Waals surface area contributed by atoms with E-state index in [1.165, 1.54) is 36.7 Å². The molecule has 6 nitrogen and oxygen atoms in total. The third kappa shape index (κ3) is 2.52. The lowest BCUT2D eigenvalue weighted by molar-refractivity contribution is 0.323. The standard InChI is InChI=1S/C13H17ClN4O2/c14-12-15-9-10(16-12)18(13(20)17-11(9)19)7-6-8-4-2-1-3-5-8/h8H,1-7H2,(H,15,16)(H,17,19,20). The zero-order chi connectivity index (χ0) is 14.1. The summed E-state index contributed by atoms with van der Waals surface area (Å²) < 4.78 is 1.51. The van der Waals surface area contributed by atoms with Crippen LogP contribution in [-0.4, -0.2) is 19.5 Å². The van der Waals surface area contributed by atoms with Gasteiger partial charge in [-0.15, -0.1) is 0 Å². The molecule has 7 heteroatoms. The van der Waals surface area contributed by atoms with Gasteiger partial charge in [-0.2, -0.15) is 4.98 Å². The second-order valence-electron chi connectivity index (χ2n) is 5.43. The van der Waals surface area contributed by atoms with Crippen LogP contribution in [0.25, 0.3) is 11.2 Å². The maximum Gasteiger partial charge on any atom is 0.330 e. The van der Waals surface area contributed by atoms with Gasteiger partial charge in [-0.1, -0.05) is 32.1 Å². The molecule has 0 unspecified atom stereocenters. The highest BCUT2D eigenvalue weighted by atomic mass is 35.5. The van der Waals surface area contributed by atoms with Crippen LogP contribution in [0.15, 0.2) is 9.59 Å². The van der Waals surface area contributed by atoms with Gasteiger partial charge in [0.05, 0.1) is 0 Å². The number of hydrogen-bond acceptors (Lipinski definition) is 3. The summed E-state index contributed by atoms with van der Waals surface area (Å²) in [6.45, 7) is 0.567. The Hall–Kier alpha value is -1.56. The summed E-state index contributed by atoms with van der Waals surface area (Å²) in [5, 5.41) is 0.127. The molecule has 0 atom stereocenters. The number of halogens is 1. The molecule has 1 aliphatic rings. The van der Waals surface area contributed by atoms with Crippen molar-refractivity contribution in [2.24, 2.45) is 5.92 Å². The van der Waals surface area contributed by atoms with Crippen LogP contribution in [0.1, 0.15) is 38.5 Å². The van der Waals surface area contributed by atoms with Gasteiger partial charge in [-0.05, 0) is 23.9 Å². The number of hydrogen-bond donors (Lipinski definition) is 2. The molecule has 1 aliphatic carbocycles. The zero-order valence-electron chi connectivity index (χ0n) is 11.1. The molecule has 3 rings (SSSR count). The molecule has 0 spiro atoms. The molecule has 2 heterocycles. The maximum absolute atomic E-state index is 11.9. The van der Waals surface area contributed by atoms with Gasteiger partial charge >= 0.3 is 5.69 Å². The van der Waals surface area contributed by atoms with Crippen LogP contribution >= 0.6 is 11.6 Å². The molecular weight excluding hydrogens is 280 g/mol. The highest BCUT2D eigenvalue weighted by Crippen LogP contribution is 2.26. The summed E-state index contributed by atoms with van der Waals surface area (Å²) in [5.74, 6) is 0.659. The number of aromatic nitrogens is 4. The Bertz CT molecular complexity index is 724. The Balaban J connectivity index is 1.90. The number of aromatic amines is 2. The summed E-state index contributed by atoms with van der Waals surface area (Å²) >= 11 is 5.79. The first-order chi connectivity index (χ1) is 9.65. The molecule has 0 bridgehead atoms. The van der Waals surface area contributed by atoms with E-state index in [0.29, 0.717) is 18.1 Å². The van der Waals surface area contributed by atoms with Gasteiger partial charge in [-0.25, -0.2) is 4.79 Å². The van der Waals surface area contributed by atoms with Crippen LogP contribution in [0.2, 0.25) is 5.28 Å². The highest BCUT2D eigenvalue weighted by Gasteiger charge is 2.16. The van der Waals surface area contributed by atoms with Gasteiger partial charge in [0.15, 0.2) is 11.2 Å². The van der Waals surface area contributed by atoms with Gasteiger partial charge < -0.3 is 4.98 Å². The number of imidazole rings is 1. The number of rotatable bonds is 3. The Morgan fingerprint density at radius 3 is 2.70 bits per heavy atom. The fraction of sp³-hybridized carbons (Fsp3) is 0.615. The van der Waals surface area contributed by atoms with Gasteiger partial charge in [0.2, 0.25) is 5.28 Å². The van der Waals surface area contributed by atoms with E-state index in [4.69, 9.17) is 11.6 Å². The van der Waals surface area contributed by atoms with E-state index in [-0.39, 0.29) is 10.8 Å². The van der Waals surface area contributed by atoms with Crippen LogP contribution in [0.3, 0.4) is 0 Å². The number of nitrogens with one attached hydrogen (secondary N) is 2. The minimum atomic E-state index is -0.474. The molecule has 108 valence electrons. The third-order valence-corrected chi connectivity index (χ3v) is 4.27. The minimum Gasteiger partial charge on any atom is -0.323 e. The molecule has 0 amide bonds. The minimum absolute atomic E-state index is 0.127. The smallest absolute Gasteiger partial charge is 0.323 e. The van der Waals surface area contributed by atoms with Crippen LogP contribution < -0.4 is 11.2 Å². The fourth-order valence-electron chi connectivity index (χ4n) is 3.01. The van der Waals surface area contributed by atoms with Crippen molar-refractivity contribution in [3.05, 3.63) is 26.1 Å². The maximum atomic E-state index is 11.9. The monoisotopic (exact) mass is 296 g/mol. The fourth-order valence-corrected chi connectivity index (χ4v) is 3.18. The molecule has 0 aromatic carbocycles. The summed E-state index contributed by atoms with van der Waals surface area (Å²) in [4.78, 5) is 32.7. The van der Waals surface area contributed by atoms with Crippen LogP contribution in [0.5, 0.6) is 0 Å². The molecule has 2 N–H and O–H groups in total. The van der Waals surface area contributed by atoms with Gasteiger partial charge in [-0.3, -0.25) is 14.3 Å². The topological polar surface area (TPSA) is 83.5 Å².